The number of ether oxygens (including phenoxy) is 1. The molecule has 0 aliphatic rings. The lowest BCUT2D eigenvalue weighted by molar-refractivity contribution is -0.110. The lowest BCUT2D eigenvalue weighted by Crippen LogP contribution is -2.29. The zero-order valence-electron chi connectivity index (χ0n) is 13.7. The first-order valence-corrected chi connectivity index (χ1v) is 9.20. The monoisotopic (exact) mass is 372 g/mol. The lowest BCUT2D eigenvalue weighted by Gasteiger charge is -2.07. The Morgan fingerprint density at radius 1 is 1.28 bits per heavy atom. The predicted molar refractivity (Wildman–Crippen MR) is 103 cm³/mol. The van der Waals surface area contributed by atoms with Crippen LogP contribution in [0.3, 0.4) is 0 Å². The number of hydrogen-bond donors (Lipinski definition) is 1. The van der Waals surface area contributed by atoms with Gasteiger partial charge in [-0.05, 0) is 40.6 Å². The molecule has 0 aliphatic heterocycles. The Balaban J connectivity index is 1.94. The summed E-state index contributed by atoms with van der Waals surface area (Å²) in [4.78, 5) is 24.6. The molecule has 0 unspecified atom stereocenters. The van der Waals surface area contributed by atoms with Crippen molar-refractivity contribution in [1.29, 1.82) is 0 Å². The molecule has 1 amide bonds. The normalized spacial score (nSPS) is 12.4. The van der Waals surface area contributed by atoms with Gasteiger partial charge in [-0.3, -0.25) is 9.59 Å². The van der Waals surface area contributed by atoms with Gasteiger partial charge in [-0.15, -0.1) is 11.3 Å². The molecule has 2 heterocycles. The van der Waals surface area contributed by atoms with Crippen LogP contribution in [0.15, 0.2) is 45.9 Å². The molecule has 0 radical (unpaired) electrons. The van der Waals surface area contributed by atoms with Crippen molar-refractivity contribution < 1.29 is 9.53 Å². The van der Waals surface area contributed by atoms with Crippen LogP contribution in [0.5, 0.6) is 5.75 Å². The van der Waals surface area contributed by atoms with Gasteiger partial charge in [0.05, 0.1) is 17.3 Å². The number of methoxy groups -OCH3 is 1. The van der Waals surface area contributed by atoms with Gasteiger partial charge in [0.15, 0.2) is 0 Å². The van der Waals surface area contributed by atoms with E-state index in [1.165, 1.54) is 22.0 Å². The molecule has 0 atom stereocenters. The SMILES string of the molecule is COc1ccccc1NC(=O)/C=c1\s/c(=C\c2ccsc2)c(=O)n1C. The summed E-state index contributed by atoms with van der Waals surface area (Å²) in [6.45, 7) is 0. The number of aromatic nitrogens is 1. The van der Waals surface area contributed by atoms with Crippen LogP contribution in [-0.2, 0) is 11.8 Å². The summed E-state index contributed by atoms with van der Waals surface area (Å²) >= 11 is 2.86. The smallest absolute Gasteiger partial charge is 0.268 e. The third-order valence-electron chi connectivity index (χ3n) is 3.52. The number of thiazole rings is 1. The molecule has 25 heavy (non-hydrogen) atoms. The molecule has 2 aromatic heterocycles. The van der Waals surface area contributed by atoms with Gasteiger partial charge in [-0.1, -0.05) is 12.1 Å². The van der Waals surface area contributed by atoms with Crippen molar-refractivity contribution >= 4 is 46.4 Å². The second kappa shape index (κ2) is 7.50. The number of hydrogen-bond acceptors (Lipinski definition) is 5. The fourth-order valence-corrected chi connectivity index (χ4v) is 3.89. The van der Waals surface area contributed by atoms with Crippen LogP contribution >= 0.6 is 22.7 Å². The van der Waals surface area contributed by atoms with E-state index >= 15 is 0 Å². The number of anilines is 1. The molecule has 1 N–H and O–H groups in total. The van der Waals surface area contributed by atoms with Gasteiger partial charge in [-0.25, -0.2) is 0 Å². The largest absolute Gasteiger partial charge is 0.495 e. The second-order valence-electron chi connectivity index (χ2n) is 5.20. The number of thiophene rings is 1. The molecule has 0 fully saturated rings. The van der Waals surface area contributed by atoms with E-state index in [0.717, 1.165) is 5.56 Å². The standard InChI is InChI=1S/C18H16N2O3S2/c1-20-17(25-15(18(20)22)9-12-7-8-24-11-12)10-16(21)19-13-5-3-4-6-14(13)23-2/h3-11H,1-2H3,(H,19,21)/b15-9-,17-10-. The molecule has 3 rings (SSSR count). The van der Waals surface area contributed by atoms with E-state index in [1.54, 1.807) is 37.6 Å². The van der Waals surface area contributed by atoms with E-state index in [1.807, 2.05) is 35.0 Å². The number of nitrogens with one attached hydrogen (secondary N) is 1. The minimum atomic E-state index is -0.316. The van der Waals surface area contributed by atoms with Gasteiger partial charge >= 0.3 is 0 Å². The summed E-state index contributed by atoms with van der Waals surface area (Å²) in [5.41, 5.74) is 1.44. The molecule has 0 saturated heterocycles. The van der Waals surface area contributed by atoms with E-state index in [4.69, 9.17) is 4.74 Å². The van der Waals surface area contributed by atoms with Gasteiger partial charge in [0.25, 0.3) is 11.5 Å². The quantitative estimate of drug-likeness (QED) is 0.759. The highest BCUT2D eigenvalue weighted by atomic mass is 32.1. The third kappa shape index (κ3) is 3.89. The average Bonchev–Trinajstić information content (AvgIpc) is 3.20. The molecule has 5 nitrogen and oxygen atoms in total. The Labute approximate surface area is 152 Å². The summed E-state index contributed by atoms with van der Waals surface area (Å²) in [5.74, 6) is 0.263. The molecule has 128 valence electrons. The van der Waals surface area contributed by atoms with Gasteiger partial charge in [0.1, 0.15) is 10.4 Å². The van der Waals surface area contributed by atoms with Crippen LogP contribution in [0.2, 0.25) is 0 Å². The fraction of sp³-hybridized carbons (Fsp3) is 0.111. The first kappa shape index (κ1) is 17.2. The zero-order chi connectivity index (χ0) is 17.8. The lowest BCUT2D eigenvalue weighted by atomic mass is 10.3. The molecular formula is C18H16N2O3S2. The van der Waals surface area contributed by atoms with Crippen LogP contribution in [0.25, 0.3) is 12.2 Å². The number of carbonyl (C=O) groups excluding carboxylic acids is 1. The van der Waals surface area contributed by atoms with E-state index in [9.17, 15) is 9.59 Å². The second-order valence-corrected chi connectivity index (χ2v) is 7.05. The highest BCUT2D eigenvalue weighted by molar-refractivity contribution is 7.08. The fourth-order valence-electron chi connectivity index (χ4n) is 2.25. The molecule has 0 saturated carbocycles. The van der Waals surface area contributed by atoms with Crippen molar-refractivity contribution in [2.45, 2.75) is 0 Å². The number of amides is 1. The maximum absolute atomic E-state index is 12.3. The minimum absolute atomic E-state index is 0.118. The Hall–Kier alpha value is -2.64. The van der Waals surface area contributed by atoms with Crippen LogP contribution in [-0.4, -0.2) is 17.6 Å². The number of carbonyl (C=O) groups is 1. The van der Waals surface area contributed by atoms with Crippen molar-refractivity contribution in [3.63, 3.8) is 0 Å². The van der Waals surface area contributed by atoms with Gasteiger partial charge in [0.2, 0.25) is 0 Å². The molecule has 0 bridgehead atoms. The Bertz CT molecular complexity index is 1060. The van der Waals surface area contributed by atoms with Crippen LogP contribution in [0.4, 0.5) is 5.69 Å². The highest BCUT2D eigenvalue weighted by Gasteiger charge is 2.06. The van der Waals surface area contributed by atoms with Crippen molar-refractivity contribution in [2.75, 3.05) is 12.4 Å². The van der Waals surface area contributed by atoms with Crippen molar-refractivity contribution in [3.8, 4) is 5.75 Å². The summed E-state index contributed by atoms with van der Waals surface area (Å²) in [5, 5.41) is 6.70. The topological polar surface area (TPSA) is 60.3 Å². The van der Waals surface area contributed by atoms with Crippen LogP contribution in [0, 0.1) is 0 Å². The maximum Gasteiger partial charge on any atom is 0.268 e. The number of rotatable bonds is 4. The molecule has 7 heteroatoms. The van der Waals surface area contributed by atoms with E-state index in [2.05, 4.69) is 5.32 Å². The predicted octanol–water partition coefficient (Wildman–Crippen LogP) is 1.76. The minimum Gasteiger partial charge on any atom is -0.495 e. The van der Waals surface area contributed by atoms with Crippen molar-refractivity contribution in [2.24, 2.45) is 7.05 Å². The van der Waals surface area contributed by atoms with Crippen LogP contribution < -0.4 is 24.8 Å². The number of nitrogens with zero attached hydrogens (tertiary/aromatic N) is 1. The van der Waals surface area contributed by atoms with Crippen molar-refractivity contribution in [3.05, 3.63) is 66.2 Å². The number of benzene rings is 1. The average molecular weight is 372 g/mol. The molecule has 1 aromatic carbocycles. The van der Waals surface area contributed by atoms with E-state index in [-0.39, 0.29) is 11.5 Å². The Morgan fingerprint density at radius 2 is 2.08 bits per heavy atom. The summed E-state index contributed by atoms with van der Waals surface area (Å²) in [7, 11) is 3.20. The van der Waals surface area contributed by atoms with Crippen molar-refractivity contribution in [1.82, 2.24) is 4.57 Å². The molecular weight excluding hydrogens is 356 g/mol. The van der Waals surface area contributed by atoms with Gasteiger partial charge in [-0.2, -0.15) is 11.3 Å². The molecule has 0 aliphatic carbocycles. The first-order valence-electron chi connectivity index (χ1n) is 7.44. The molecule has 3 aromatic rings. The third-order valence-corrected chi connectivity index (χ3v) is 5.34. The summed E-state index contributed by atoms with van der Waals surface area (Å²) < 4.78 is 7.87. The summed E-state index contributed by atoms with van der Waals surface area (Å²) in [6.07, 6.45) is 3.25. The molecule has 0 spiro atoms. The number of para-hydroxylation sites is 2. The maximum atomic E-state index is 12.3. The Kier molecular flexibility index (Phi) is 5.16. The van der Waals surface area contributed by atoms with Gasteiger partial charge in [0, 0.05) is 13.1 Å². The first-order chi connectivity index (χ1) is 12.1. The Morgan fingerprint density at radius 3 is 2.80 bits per heavy atom. The zero-order valence-corrected chi connectivity index (χ0v) is 15.3. The van der Waals surface area contributed by atoms with Gasteiger partial charge < -0.3 is 14.6 Å². The summed E-state index contributed by atoms with van der Waals surface area (Å²) in [6, 6.07) is 9.11. The van der Waals surface area contributed by atoms with E-state index in [0.29, 0.717) is 20.6 Å². The van der Waals surface area contributed by atoms with E-state index < -0.39 is 0 Å². The highest BCUT2D eigenvalue weighted by Crippen LogP contribution is 2.22. The van der Waals surface area contributed by atoms with Crippen LogP contribution in [0.1, 0.15) is 5.56 Å².